The third-order valence-corrected chi connectivity index (χ3v) is 7.85. The lowest BCUT2D eigenvalue weighted by Gasteiger charge is -2.15. The van der Waals surface area contributed by atoms with Crippen LogP contribution < -0.4 is 25.1 Å². The first kappa shape index (κ1) is 28.2. The Hall–Kier alpha value is -4.33. The Morgan fingerprint density at radius 1 is 1.12 bits per heavy atom. The fourth-order valence-corrected chi connectivity index (χ4v) is 5.36. The minimum Gasteiger partial charge on any atom is -0.491 e. The number of benzene rings is 2. The van der Waals surface area contributed by atoms with Gasteiger partial charge in [-0.05, 0) is 43.3 Å². The summed E-state index contributed by atoms with van der Waals surface area (Å²) in [5, 5.41) is 4.14. The monoisotopic (exact) mass is 578 g/mol. The zero-order valence-corrected chi connectivity index (χ0v) is 23.5. The number of rotatable bonds is 11. The van der Waals surface area contributed by atoms with Gasteiger partial charge >= 0.3 is 0 Å². The Balaban J connectivity index is 1.25. The van der Waals surface area contributed by atoms with Gasteiger partial charge in [-0.25, -0.2) is 18.1 Å². The van der Waals surface area contributed by atoms with E-state index in [1.165, 1.54) is 13.3 Å². The van der Waals surface area contributed by atoms with Crippen LogP contribution in [0.15, 0.2) is 70.8 Å². The quantitative estimate of drug-likeness (QED) is 0.256. The van der Waals surface area contributed by atoms with Crippen LogP contribution in [0.3, 0.4) is 0 Å². The van der Waals surface area contributed by atoms with Crippen molar-refractivity contribution in [1.29, 1.82) is 0 Å². The van der Waals surface area contributed by atoms with Gasteiger partial charge in [-0.1, -0.05) is 17.7 Å². The van der Waals surface area contributed by atoms with Gasteiger partial charge in [-0.3, -0.25) is 14.3 Å². The number of carbonyl (C=O) groups is 1. The average Bonchev–Trinajstić information content (AvgIpc) is 3.48. The maximum absolute atomic E-state index is 12.8. The van der Waals surface area contributed by atoms with Gasteiger partial charge in [0.15, 0.2) is 11.5 Å². The lowest BCUT2D eigenvalue weighted by atomic mass is 10.2. The number of carbonyl (C=O) groups excluding carboxylic acids is 1. The molecule has 2 N–H and O–H groups in total. The summed E-state index contributed by atoms with van der Waals surface area (Å²) in [6.45, 7) is 3.89. The fraction of sp³-hybridized carbons (Fsp3) is 0.286. The summed E-state index contributed by atoms with van der Waals surface area (Å²) >= 11 is 0. The average molecular weight is 579 g/mol. The lowest BCUT2D eigenvalue weighted by molar-refractivity contribution is 0.0996. The number of methoxy groups -OCH3 is 1. The number of hydrogen-bond acceptors (Lipinski definition) is 9. The molecule has 0 saturated heterocycles. The molecular formula is C28H30N6O6S. The number of nitrogens with one attached hydrogen (secondary N) is 2. The van der Waals surface area contributed by atoms with Gasteiger partial charge in [-0.2, -0.15) is 4.99 Å². The molecule has 2 aromatic heterocycles. The first-order valence-corrected chi connectivity index (χ1v) is 14.5. The Bertz CT molecular complexity index is 1720. The number of aryl methyl sites for hydroxylation is 1. The molecule has 214 valence electrons. The van der Waals surface area contributed by atoms with Gasteiger partial charge in [-0.15, -0.1) is 0 Å². The van der Waals surface area contributed by atoms with Crippen molar-refractivity contribution < 1.29 is 27.4 Å². The van der Waals surface area contributed by atoms with E-state index >= 15 is 0 Å². The van der Waals surface area contributed by atoms with Crippen molar-refractivity contribution in [3.63, 3.8) is 0 Å². The van der Waals surface area contributed by atoms with Crippen LogP contribution in [0, 0.1) is 6.92 Å². The predicted molar refractivity (Wildman–Crippen MR) is 152 cm³/mol. The lowest BCUT2D eigenvalue weighted by Crippen LogP contribution is -2.28. The molecule has 0 aliphatic carbocycles. The minimum atomic E-state index is -3.60. The Morgan fingerprint density at radius 3 is 2.71 bits per heavy atom. The summed E-state index contributed by atoms with van der Waals surface area (Å²) in [7, 11) is -2.08. The highest BCUT2D eigenvalue weighted by molar-refractivity contribution is 7.89. The number of aromatic nitrogens is 3. The molecule has 2 aromatic carbocycles. The molecule has 0 fully saturated rings. The summed E-state index contributed by atoms with van der Waals surface area (Å²) < 4.78 is 46.3. The Morgan fingerprint density at radius 2 is 1.95 bits per heavy atom. The predicted octanol–water partition coefficient (Wildman–Crippen LogP) is 2.29. The van der Waals surface area contributed by atoms with Crippen LogP contribution in [-0.2, 0) is 21.3 Å². The van der Waals surface area contributed by atoms with Crippen molar-refractivity contribution in [2.45, 2.75) is 18.4 Å². The van der Waals surface area contributed by atoms with E-state index in [2.05, 4.69) is 25.0 Å². The van der Waals surface area contributed by atoms with Crippen LogP contribution in [0.5, 0.6) is 11.5 Å². The number of sulfonamides is 1. The van der Waals surface area contributed by atoms with E-state index in [9.17, 15) is 13.2 Å². The van der Waals surface area contributed by atoms with Crippen LogP contribution in [0.25, 0.3) is 10.9 Å². The van der Waals surface area contributed by atoms with Gasteiger partial charge in [0.05, 0.1) is 30.8 Å². The number of pyridine rings is 1. The molecule has 12 nitrogen and oxygen atoms in total. The van der Waals surface area contributed by atoms with Crippen molar-refractivity contribution in [3.8, 4) is 11.5 Å². The van der Waals surface area contributed by atoms with Crippen LogP contribution in [-0.4, -0.2) is 68.9 Å². The van der Waals surface area contributed by atoms with E-state index in [1.54, 1.807) is 48.7 Å². The Kier molecular flexibility index (Phi) is 8.57. The SMILES string of the molecule is COc1c(OCCOCCNS(=O)(=O)c2ccc(C)cc2)ccc2c3n(c(=NC(=O)c4cccnc4)nc12)CCN3. The molecule has 0 bridgehead atoms. The third-order valence-electron chi connectivity index (χ3n) is 6.37. The second kappa shape index (κ2) is 12.5. The standard InChI is InChI=1S/C28H30N6O6S/c1-19-5-7-21(8-6-19)41(36,37)31-13-15-39-16-17-40-23-10-9-22-24(25(23)38-2)32-28(34-14-12-30-26(22)34)33-27(35)20-4-3-11-29-18-20/h3-11,18,30-31H,12-17H2,1-2H3. The second-order valence-electron chi connectivity index (χ2n) is 9.16. The highest BCUT2D eigenvalue weighted by Gasteiger charge is 2.21. The van der Waals surface area contributed by atoms with Gasteiger partial charge in [0.1, 0.15) is 17.9 Å². The zero-order chi connectivity index (χ0) is 28.8. The highest BCUT2D eigenvalue weighted by atomic mass is 32.2. The molecule has 0 saturated carbocycles. The third kappa shape index (κ3) is 6.37. The normalized spacial score (nSPS) is 13.2. The second-order valence-corrected chi connectivity index (χ2v) is 10.9. The largest absolute Gasteiger partial charge is 0.491 e. The Labute approximate surface area is 237 Å². The molecule has 13 heteroatoms. The van der Waals surface area contributed by atoms with Gasteiger partial charge < -0.3 is 19.5 Å². The molecule has 1 amide bonds. The molecule has 4 aromatic rings. The van der Waals surface area contributed by atoms with Crippen molar-refractivity contribution in [2.75, 3.05) is 45.3 Å². The van der Waals surface area contributed by atoms with Gasteiger partial charge in [0.25, 0.3) is 5.91 Å². The first-order valence-electron chi connectivity index (χ1n) is 13.0. The molecule has 0 spiro atoms. The molecule has 41 heavy (non-hydrogen) atoms. The van der Waals surface area contributed by atoms with Crippen LogP contribution in [0.2, 0.25) is 0 Å². The van der Waals surface area contributed by atoms with E-state index < -0.39 is 15.9 Å². The van der Waals surface area contributed by atoms with E-state index in [4.69, 9.17) is 14.2 Å². The van der Waals surface area contributed by atoms with E-state index in [0.717, 1.165) is 16.8 Å². The van der Waals surface area contributed by atoms with Crippen molar-refractivity contribution in [3.05, 3.63) is 77.7 Å². The maximum atomic E-state index is 12.8. The number of anilines is 1. The van der Waals surface area contributed by atoms with Crippen LogP contribution >= 0.6 is 0 Å². The van der Waals surface area contributed by atoms with Crippen molar-refractivity contribution in [2.24, 2.45) is 4.99 Å². The van der Waals surface area contributed by atoms with Crippen LogP contribution in [0.4, 0.5) is 5.82 Å². The summed E-state index contributed by atoms with van der Waals surface area (Å²) in [6.07, 6.45) is 3.05. The van der Waals surface area contributed by atoms with Crippen molar-refractivity contribution in [1.82, 2.24) is 19.3 Å². The molecule has 1 aliphatic heterocycles. The molecule has 1 aliphatic rings. The summed E-state index contributed by atoms with van der Waals surface area (Å²) in [4.78, 5) is 25.9. The summed E-state index contributed by atoms with van der Waals surface area (Å²) in [5.41, 5.74) is 2.09. The minimum absolute atomic E-state index is 0.124. The highest BCUT2D eigenvalue weighted by Crippen LogP contribution is 2.37. The van der Waals surface area contributed by atoms with Crippen LogP contribution in [0.1, 0.15) is 15.9 Å². The molecular weight excluding hydrogens is 548 g/mol. The van der Waals surface area contributed by atoms with E-state index in [1.807, 2.05) is 17.6 Å². The molecule has 0 unspecified atom stereocenters. The number of hydrogen-bond donors (Lipinski definition) is 2. The van der Waals surface area contributed by atoms with E-state index in [-0.39, 0.29) is 36.9 Å². The number of nitrogens with zero attached hydrogens (tertiary/aromatic N) is 4. The van der Waals surface area contributed by atoms with Gasteiger partial charge in [0.2, 0.25) is 15.6 Å². The van der Waals surface area contributed by atoms with Gasteiger partial charge in [0, 0.05) is 37.4 Å². The maximum Gasteiger partial charge on any atom is 0.281 e. The van der Waals surface area contributed by atoms with E-state index in [0.29, 0.717) is 35.7 Å². The molecule has 3 heterocycles. The molecule has 5 rings (SSSR count). The number of amides is 1. The van der Waals surface area contributed by atoms with Crippen molar-refractivity contribution >= 4 is 32.7 Å². The summed E-state index contributed by atoms with van der Waals surface area (Å²) in [6, 6.07) is 13.6. The molecule has 0 radical (unpaired) electrons. The first-order chi connectivity index (χ1) is 19.9. The summed E-state index contributed by atoms with van der Waals surface area (Å²) in [5.74, 6) is 1.18. The number of fused-ring (bicyclic) bond motifs is 3. The topological polar surface area (TPSA) is 146 Å². The smallest absolute Gasteiger partial charge is 0.281 e. The number of ether oxygens (including phenoxy) is 3. The molecule has 0 atom stereocenters. The zero-order valence-electron chi connectivity index (χ0n) is 22.7. The fourth-order valence-electron chi connectivity index (χ4n) is 4.35.